The molecule has 34 nitrogen and oxygen atoms in total. The van der Waals surface area contributed by atoms with E-state index in [1.165, 1.54) is 34.6 Å². The van der Waals surface area contributed by atoms with Crippen LogP contribution in [-0.4, -0.2) is 211 Å². The normalized spacial score (nSPS) is 23.6. The fourth-order valence-electron chi connectivity index (χ4n) is 18.7. The number of imide groups is 1. The maximum absolute atomic E-state index is 14.5. The predicted octanol–water partition coefficient (Wildman–Crippen LogP) is 6.94. The minimum atomic E-state index is -1.92. The van der Waals surface area contributed by atoms with E-state index in [9.17, 15) is 73.5 Å². The molecule has 117 heavy (non-hydrogen) atoms. The van der Waals surface area contributed by atoms with Gasteiger partial charge in [0.15, 0.2) is 23.2 Å². The van der Waals surface area contributed by atoms with E-state index < -0.39 is 96.0 Å². The van der Waals surface area contributed by atoms with Crippen LogP contribution in [0.1, 0.15) is 166 Å². The maximum Gasteiger partial charge on any atom is 0.410 e. The first-order chi connectivity index (χ1) is 55.8. The number of thiazole rings is 1. The molecule has 7 aromatic rings. The van der Waals surface area contributed by atoms with Gasteiger partial charge >= 0.3 is 24.1 Å². The lowest BCUT2D eigenvalue weighted by Gasteiger charge is -2.69. The number of aromatic nitrogens is 7. The van der Waals surface area contributed by atoms with Crippen LogP contribution in [-0.2, 0) is 75.5 Å². The molecule has 3 aliphatic heterocycles. The molecule has 622 valence electrons. The Morgan fingerprint density at radius 1 is 0.786 bits per heavy atom. The molecule has 3 aromatic carbocycles. The number of anilines is 3. The Morgan fingerprint density at radius 2 is 1.54 bits per heavy atom. The Kier molecular flexibility index (Phi) is 25.3. The molecule has 7 heterocycles. The highest BCUT2D eigenvalue weighted by Crippen LogP contribution is 2.72. The molecule has 35 heteroatoms. The van der Waals surface area contributed by atoms with Gasteiger partial charge in [0.25, 0.3) is 17.7 Å². The highest BCUT2D eigenvalue weighted by Gasteiger charge is 2.66. The van der Waals surface area contributed by atoms with Gasteiger partial charge in [-0.05, 0) is 172 Å². The number of carboxylic acids is 2. The number of ether oxygens (including phenoxy) is 3. The zero-order valence-electron chi connectivity index (χ0n) is 65.9. The molecule has 12 N–H and O–H groups in total. The number of benzene rings is 3. The highest BCUT2D eigenvalue weighted by molar-refractivity contribution is 7.22. The van der Waals surface area contributed by atoms with Crippen LogP contribution in [0.25, 0.3) is 21.3 Å². The van der Waals surface area contributed by atoms with Gasteiger partial charge in [0.1, 0.15) is 42.8 Å². The van der Waals surface area contributed by atoms with Gasteiger partial charge in [-0.25, -0.2) is 33.8 Å². The largest absolute Gasteiger partial charge is 0.479 e. The average molecular weight is 1630 g/mol. The van der Waals surface area contributed by atoms with E-state index in [0.29, 0.717) is 103 Å². The number of rotatable bonds is 35. The Hall–Kier alpha value is -11.1. The number of primary amides is 1. The number of nitrogens with one attached hydrogen (secondary N) is 5. The van der Waals surface area contributed by atoms with Crippen LogP contribution in [0.5, 0.6) is 0 Å². The number of amides is 9. The van der Waals surface area contributed by atoms with Crippen molar-refractivity contribution in [3.8, 4) is 11.1 Å². The summed E-state index contributed by atoms with van der Waals surface area (Å²) < 4.78 is 22.7. The predicted molar refractivity (Wildman–Crippen MR) is 426 cm³/mol. The van der Waals surface area contributed by atoms with Gasteiger partial charge in [0, 0.05) is 92.5 Å². The molecule has 0 radical (unpaired) electrons. The first-order valence-electron chi connectivity index (χ1n) is 39.6. The number of aliphatic hydroxyl groups excluding tert-OH is 3. The van der Waals surface area contributed by atoms with Gasteiger partial charge in [-0.1, -0.05) is 87.1 Å². The zero-order chi connectivity index (χ0) is 83.3. The number of urea groups is 1. The lowest BCUT2D eigenvalue weighted by Crippen LogP contribution is -2.64. The number of aliphatic carboxylic acids is 1. The number of fused-ring (bicyclic) bond motifs is 2. The number of aliphatic hydroxyl groups is 3. The molecule has 4 aliphatic carbocycles. The van der Waals surface area contributed by atoms with E-state index in [2.05, 4.69) is 55.7 Å². The number of nitrogens with two attached hydrogens (primary N) is 1. The number of carboxylic acid groups (broad SMARTS) is 2. The number of pyridine rings is 1. The number of aromatic carboxylic acids is 1. The number of carbonyl (C=O) groups excluding carboxylic acids is 8. The van der Waals surface area contributed by atoms with E-state index in [1.54, 1.807) is 56.4 Å². The van der Waals surface area contributed by atoms with Crippen molar-refractivity contribution in [2.75, 3.05) is 54.9 Å². The van der Waals surface area contributed by atoms with Crippen molar-refractivity contribution in [3.05, 3.63) is 143 Å². The average Bonchev–Trinajstić information content (AvgIpc) is 1.10. The van der Waals surface area contributed by atoms with Crippen LogP contribution < -0.4 is 37.2 Å². The van der Waals surface area contributed by atoms with Gasteiger partial charge in [-0.3, -0.25) is 43.7 Å². The molecule has 7 aliphatic rings. The fourth-order valence-corrected chi connectivity index (χ4v) is 19.6. The Balaban J connectivity index is 0.662. The van der Waals surface area contributed by atoms with Crippen LogP contribution in [0.2, 0.25) is 0 Å². The van der Waals surface area contributed by atoms with Gasteiger partial charge < -0.3 is 76.5 Å². The number of hydrogen-bond acceptors (Lipinski definition) is 23. The summed E-state index contributed by atoms with van der Waals surface area (Å²) in [6.45, 7) is 12.0. The third kappa shape index (κ3) is 19.5. The van der Waals surface area contributed by atoms with Crippen molar-refractivity contribution >= 4 is 97.7 Å². The summed E-state index contributed by atoms with van der Waals surface area (Å²) >= 11 is 1.40. The number of carbonyl (C=O) groups is 10. The topological polar surface area (TPSA) is 470 Å². The second-order valence-corrected chi connectivity index (χ2v) is 34.0. The molecule has 1 saturated heterocycles. The maximum atomic E-state index is 14.5. The number of nitrogens with zero attached hydrogens (tertiary/aromatic N) is 10. The monoisotopic (exact) mass is 1630 g/mol. The summed E-state index contributed by atoms with van der Waals surface area (Å²) in [6.07, 6.45) is 3.96. The third-order valence-corrected chi connectivity index (χ3v) is 24.1. The molecule has 9 amide bonds. The number of para-hydroxylation sites is 1. The van der Waals surface area contributed by atoms with Gasteiger partial charge in [0.05, 0.1) is 40.5 Å². The quantitative estimate of drug-likeness (QED) is 0.0141. The molecule has 2 unspecified atom stereocenters. The molecular weight excluding hydrogens is 1530 g/mol. The highest BCUT2D eigenvalue weighted by atomic mass is 32.1. The molecule has 9 atom stereocenters. The Morgan fingerprint density at radius 3 is 2.26 bits per heavy atom. The molecule has 4 bridgehead atoms. The summed E-state index contributed by atoms with van der Waals surface area (Å²) in [5, 5.41) is 79.8. The van der Waals surface area contributed by atoms with E-state index in [0.717, 1.165) is 68.7 Å². The summed E-state index contributed by atoms with van der Waals surface area (Å²) in [7, 11) is 0. The fraction of sp³-hybridized carbons (Fsp3) is 0.500. The van der Waals surface area contributed by atoms with Gasteiger partial charge in [-0.2, -0.15) is 5.10 Å². The summed E-state index contributed by atoms with van der Waals surface area (Å²) in [4.78, 5) is 144. The molecule has 4 aromatic heterocycles. The van der Waals surface area contributed by atoms with Gasteiger partial charge in [-0.15, -0.1) is 5.10 Å². The number of hydrogen-bond donors (Lipinski definition) is 11. The summed E-state index contributed by atoms with van der Waals surface area (Å²) in [5.41, 5.74) is 10.3. The second-order valence-electron chi connectivity index (χ2n) is 33.0. The molecular formula is C82H100N16O18S. The molecule has 14 rings (SSSR count). The molecule has 0 spiro atoms. The van der Waals surface area contributed by atoms with Crippen LogP contribution in [0, 0.1) is 29.1 Å². The minimum Gasteiger partial charge on any atom is -0.479 e. The molecule has 4 saturated carbocycles. The van der Waals surface area contributed by atoms with Crippen molar-refractivity contribution in [1.82, 2.24) is 60.5 Å². The first kappa shape index (κ1) is 83.8. The SMILES string of the molecule is Cc1c(-c2ccc(N3CCc4cccc(C(=O)Nc5nc6ccccc6s5)c4C3)nc2C(=O)O)cnn1CC12CC3(C)CC(C)(C1)CC(OCCN(CCCc1cn([C@@H]4O[C@H](C(=O)O)[C@@H](O)[C@H](O)[C@H]4O)nn1)C(=O)OCc1ccc(NC(=O)[C@H](CCCNC(N)=O)NC(=O)[C@@H](NC(=O)CCCCCN4C(=O)C=CC4=O)C(C)C)cc1)(C3)C2. The first-order valence-corrected chi connectivity index (χ1v) is 40.4. The zero-order valence-corrected chi connectivity index (χ0v) is 66.7. The Labute approximate surface area is 678 Å². The lowest BCUT2D eigenvalue weighted by molar-refractivity contribution is -0.249. The van der Waals surface area contributed by atoms with Crippen molar-refractivity contribution in [2.24, 2.45) is 27.9 Å². The van der Waals surface area contributed by atoms with Crippen LogP contribution in [0.4, 0.5) is 26.2 Å². The van der Waals surface area contributed by atoms with Crippen molar-refractivity contribution in [3.63, 3.8) is 0 Å². The minimum absolute atomic E-state index is 0.0666. The second kappa shape index (κ2) is 35.4. The smallest absolute Gasteiger partial charge is 0.410 e. The molecule has 5 fully saturated rings. The van der Waals surface area contributed by atoms with Crippen molar-refractivity contribution in [2.45, 2.75) is 199 Å². The standard InChI is InChI=1S/C82H100N16O18S/c1-47(2)64(90-61(99)20-7-6-10-32-96-62(100)27-28-63(96)101)72(107)87-58(18-12-30-84-76(83)112)71(106)86-51-23-21-49(22-24-51)39-114-78(113)94(31-13-15-52-37-97(93-92-52)73-68(104)66(102)67(103)69(116-73)75(110)111)34-35-115-82-43-79(4)40-80(5,44-82)42-81(41-79,45-82)46-98-48(3)55(36-85-98)53-25-26-60(89-65(53)74(108)109)95-33-29-50-14-11-16-54(56(50)38-95)70(105)91-77-88-57-17-8-9-19-59(57)117-77/h8-9,11,14,16-17,19,21-28,36-37,47,58,64,66-69,73,102-104H,6-7,10,12-13,15,18,20,29-35,38-46H2,1-5H3,(H,86,106)(H,87,107)(H,90,99)(H,108,109)(H,110,111)(H3,83,84,112)(H,88,91,105)/t58-,64-,66-,67-,68+,69-,73+,79?,80?,81?,82?/m0/s1. The van der Waals surface area contributed by atoms with Gasteiger partial charge in [0.2, 0.25) is 17.7 Å². The summed E-state index contributed by atoms with van der Waals surface area (Å²) in [5.74, 6) is -5.36. The Bertz CT molecular complexity index is 4880. The van der Waals surface area contributed by atoms with E-state index >= 15 is 0 Å². The van der Waals surface area contributed by atoms with Crippen LogP contribution in [0.15, 0.2) is 103 Å². The lowest BCUT2D eigenvalue weighted by atomic mass is 9.39. The van der Waals surface area contributed by atoms with E-state index in [1.807, 2.05) is 59.0 Å². The number of aryl methyl sites for hydroxylation is 1. The van der Waals surface area contributed by atoms with Crippen molar-refractivity contribution < 1.29 is 87.7 Å². The van der Waals surface area contributed by atoms with Crippen LogP contribution in [0.3, 0.4) is 0 Å². The summed E-state index contributed by atoms with van der Waals surface area (Å²) in [6, 6.07) is 20.5. The van der Waals surface area contributed by atoms with Crippen molar-refractivity contribution in [1.29, 1.82) is 0 Å². The van der Waals surface area contributed by atoms with E-state index in [-0.39, 0.29) is 105 Å². The van der Waals surface area contributed by atoms with E-state index in [4.69, 9.17) is 30.0 Å². The number of unbranched alkanes of at least 4 members (excludes halogenated alkanes) is 2. The van der Waals surface area contributed by atoms with Crippen LogP contribution >= 0.6 is 11.3 Å². The third-order valence-electron chi connectivity index (χ3n) is 23.1.